The molecule has 0 fully saturated rings. The molecule has 0 aromatic heterocycles. The molecule has 10 rings (SSSR count). The second kappa shape index (κ2) is 10.9. The van der Waals surface area contributed by atoms with Crippen LogP contribution in [-0.2, 0) is 0 Å². The molecule has 0 saturated carbocycles. The van der Waals surface area contributed by atoms with E-state index >= 15 is 0 Å². The van der Waals surface area contributed by atoms with Crippen molar-refractivity contribution in [3.8, 4) is 44.5 Å². The first-order valence-electron chi connectivity index (χ1n) is 17.2. The van der Waals surface area contributed by atoms with Gasteiger partial charge in [-0.15, -0.1) is 0 Å². The lowest BCUT2D eigenvalue weighted by molar-refractivity contribution is 0.366. The lowest BCUT2D eigenvalue weighted by Gasteiger charge is -2.39. The van der Waals surface area contributed by atoms with Crippen molar-refractivity contribution in [2.24, 2.45) is 23.7 Å². The number of benzene rings is 6. The number of fused-ring (bicyclic) bond motifs is 6. The Morgan fingerprint density at radius 3 is 1.83 bits per heavy atom. The molecule has 0 aliphatic heterocycles. The summed E-state index contributed by atoms with van der Waals surface area (Å²) in [4.78, 5) is 0. The third-order valence-electron chi connectivity index (χ3n) is 11.1. The standard InChI is InChI=1S/C48H34/c1-3-13-32(14-4-1)43-30-42(34-27-25-33(26-28-34)38-22-11-19-31-15-7-9-20-37(31)38)45(35-16-5-2-6-17-35)48-41-24-12-23-40-39-21-10-8-18-36(39)29-44(46(40)41)47(43)48/h1-30,36,39-40,46H. The van der Waals surface area contributed by atoms with E-state index in [4.69, 9.17) is 0 Å². The van der Waals surface area contributed by atoms with Crippen molar-refractivity contribution in [2.45, 2.75) is 0 Å². The molecule has 226 valence electrons. The second-order valence-corrected chi connectivity index (χ2v) is 13.5. The second-order valence-electron chi connectivity index (χ2n) is 13.5. The maximum atomic E-state index is 2.60. The largest absolute Gasteiger partial charge is 0.0799 e. The van der Waals surface area contributed by atoms with Gasteiger partial charge >= 0.3 is 0 Å². The van der Waals surface area contributed by atoms with Crippen LogP contribution in [0, 0.1) is 23.7 Å². The minimum atomic E-state index is 0.358. The Kier molecular flexibility index (Phi) is 6.24. The Hall–Kier alpha value is -5.72. The smallest absolute Gasteiger partial charge is 0.0168 e. The van der Waals surface area contributed by atoms with Crippen LogP contribution < -0.4 is 0 Å². The summed E-state index contributed by atoms with van der Waals surface area (Å²) in [6.07, 6.45) is 19.2. The molecular weight excluding hydrogens is 577 g/mol. The average molecular weight is 611 g/mol. The van der Waals surface area contributed by atoms with Gasteiger partial charge in [-0.3, -0.25) is 0 Å². The normalized spacial score (nSPS) is 21.3. The minimum Gasteiger partial charge on any atom is -0.0799 e. The molecule has 0 spiro atoms. The Morgan fingerprint density at radius 2 is 1.02 bits per heavy atom. The maximum Gasteiger partial charge on any atom is 0.0168 e. The van der Waals surface area contributed by atoms with Gasteiger partial charge in [0.2, 0.25) is 0 Å². The predicted octanol–water partition coefficient (Wildman–Crippen LogP) is 12.5. The number of hydrogen-bond donors (Lipinski definition) is 0. The lowest BCUT2D eigenvalue weighted by Crippen LogP contribution is -2.31. The summed E-state index contributed by atoms with van der Waals surface area (Å²) >= 11 is 0. The summed E-state index contributed by atoms with van der Waals surface area (Å²) < 4.78 is 0. The molecule has 6 aromatic carbocycles. The molecule has 0 amide bonds. The van der Waals surface area contributed by atoms with E-state index < -0.39 is 0 Å². The first kappa shape index (κ1) is 27.4. The van der Waals surface area contributed by atoms with Crippen LogP contribution in [0.5, 0.6) is 0 Å². The highest BCUT2D eigenvalue weighted by molar-refractivity contribution is 6.10. The van der Waals surface area contributed by atoms with Crippen molar-refractivity contribution in [1.82, 2.24) is 0 Å². The Balaban J connectivity index is 1.25. The van der Waals surface area contributed by atoms with Crippen LogP contribution in [0.4, 0.5) is 0 Å². The van der Waals surface area contributed by atoms with Crippen LogP contribution in [0.1, 0.15) is 11.1 Å². The van der Waals surface area contributed by atoms with Crippen LogP contribution in [0.2, 0.25) is 0 Å². The predicted molar refractivity (Wildman–Crippen MR) is 203 cm³/mol. The van der Waals surface area contributed by atoms with E-state index in [9.17, 15) is 0 Å². The molecule has 0 radical (unpaired) electrons. The zero-order valence-corrected chi connectivity index (χ0v) is 26.6. The van der Waals surface area contributed by atoms with Crippen LogP contribution >= 0.6 is 0 Å². The van der Waals surface area contributed by atoms with E-state index in [1.54, 1.807) is 0 Å². The fraction of sp³-hybridized carbons (Fsp3) is 0.0833. The highest BCUT2D eigenvalue weighted by Gasteiger charge is 2.47. The minimum absolute atomic E-state index is 0.358. The van der Waals surface area contributed by atoms with E-state index in [1.165, 1.54) is 77.6 Å². The van der Waals surface area contributed by atoms with Gasteiger partial charge in [0.05, 0.1) is 0 Å². The molecule has 4 aliphatic carbocycles. The number of hydrogen-bond acceptors (Lipinski definition) is 0. The fourth-order valence-electron chi connectivity index (χ4n) is 8.97. The summed E-state index contributed by atoms with van der Waals surface area (Å²) in [6.45, 7) is 0. The van der Waals surface area contributed by atoms with Gasteiger partial charge in [-0.25, -0.2) is 0 Å². The zero-order chi connectivity index (χ0) is 31.6. The summed E-state index contributed by atoms with van der Waals surface area (Å²) in [5, 5.41) is 2.56. The molecule has 4 unspecified atom stereocenters. The molecule has 0 nitrogen and oxygen atoms in total. The average Bonchev–Trinajstić information content (AvgIpc) is 3.49. The molecule has 0 heteroatoms. The van der Waals surface area contributed by atoms with Crippen molar-refractivity contribution in [3.05, 3.63) is 193 Å². The van der Waals surface area contributed by atoms with Gasteiger partial charge in [-0.1, -0.05) is 176 Å². The Morgan fingerprint density at radius 1 is 0.396 bits per heavy atom. The first-order chi connectivity index (χ1) is 23.8. The molecule has 0 heterocycles. The van der Waals surface area contributed by atoms with Crippen LogP contribution in [-0.4, -0.2) is 0 Å². The summed E-state index contributed by atoms with van der Waals surface area (Å²) in [7, 11) is 0. The van der Waals surface area contributed by atoms with Gasteiger partial charge in [0.1, 0.15) is 0 Å². The summed E-state index contributed by atoms with van der Waals surface area (Å²) in [5.41, 5.74) is 16.0. The number of rotatable bonds is 4. The highest BCUT2D eigenvalue weighted by Crippen LogP contribution is 2.62. The van der Waals surface area contributed by atoms with Gasteiger partial charge in [0.15, 0.2) is 0 Å². The first-order valence-corrected chi connectivity index (χ1v) is 17.2. The molecule has 4 aliphatic rings. The molecule has 0 bridgehead atoms. The van der Waals surface area contributed by atoms with E-state index in [-0.39, 0.29) is 0 Å². The van der Waals surface area contributed by atoms with E-state index in [1.807, 2.05) is 0 Å². The van der Waals surface area contributed by atoms with E-state index in [0.29, 0.717) is 23.7 Å². The van der Waals surface area contributed by atoms with Crippen molar-refractivity contribution < 1.29 is 0 Å². The zero-order valence-electron chi connectivity index (χ0n) is 26.6. The van der Waals surface area contributed by atoms with Crippen LogP contribution in [0.25, 0.3) is 66.4 Å². The molecule has 0 saturated heterocycles. The van der Waals surface area contributed by atoms with E-state index in [0.717, 1.165) is 0 Å². The lowest BCUT2D eigenvalue weighted by atomic mass is 9.64. The van der Waals surface area contributed by atoms with Crippen molar-refractivity contribution >= 4 is 21.9 Å². The molecular formula is C48H34. The topological polar surface area (TPSA) is 0 Å². The van der Waals surface area contributed by atoms with Gasteiger partial charge in [-0.05, 0) is 95.5 Å². The van der Waals surface area contributed by atoms with Crippen molar-refractivity contribution in [2.75, 3.05) is 0 Å². The van der Waals surface area contributed by atoms with E-state index in [2.05, 4.69) is 182 Å². The third kappa shape index (κ3) is 4.16. The van der Waals surface area contributed by atoms with Crippen LogP contribution in [0.3, 0.4) is 0 Å². The van der Waals surface area contributed by atoms with Gasteiger partial charge in [0, 0.05) is 11.8 Å². The van der Waals surface area contributed by atoms with Gasteiger partial charge in [0.25, 0.3) is 0 Å². The SMILES string of the molecule is C1=CC2C=C3c4c(-c5ccccc5)cc(-c5ccc(-c6cccc7ccccc67)cc5)c(-c5ccccc5)c4C4=CC=CC(C34)C2C=C1. The van der Waals surface area contributed by atoms with Gasteiger partial charge < -0.3 is 0 Å². The molecule has 48 heavy (non-hydrogen) atoms. The summed E-state index contributed by atoms with van der Waals surface area (Å²) in [6, 6.07) is 49.2. The molecule has 4 atom stereocenters. The Bertz CT molecular complexity index is 2370. The van der Waals surface area contributed by atoms with Crippen LogP contribution in [0.15, 0.2) is 182 Å². The maximum absolute atomic E-state index is 2.60. The Labute approximate surface area is 282 Å². The van der Waals surface area contributed by atoms with Gasteiger partial charge in [-0.2, -0.15) is 0 Å². The van der Waals surface area contributed by atoms with Crippen molar-refractivity contribution in [1.29, 1.82) is 0 Å². The molecule has 6 aromatic rings. The summed E-state index contributed by atoms with van der Waals surface area (Å²) in [5.74, 6) is 1.70. The molecule has 0 N–H and O–H groups in total. The fourth-order valence-corrected chi connectivity index (χ4v) is 8.97. The van der Waals surface area contributed by atoms with Crippen molar-refractivity contribution in [3.63, 3.8) is 0 Å². The third-order valence-corrected chi connectivity index (χ3v) is 11.1. The monoisotopic (exact) mass is 610 g/mol. The highest BCUT2D eigenvalue weighted by atomic mass is 14.5. The quantitative estimate of drug-likeness (QED) is 0.186. The number of allylic oxidation sites excluding steroid dienone is 10.